The van der Waals surface area contributed by atoms with Crippen LogP contribution in [0.1, 0.15) is 30.0 Å². The highest BCUT2D eigenvalue weighted by Crippen LogP contribution is 2.47. The Balaban J connectivity index is 1.83. The molecule has 100 valence electrons. The van der Waals surface area contributed by atoms with E-state index in [0.717, 1.165) is 11.3 Å². The summed E-state index contributed by atoms with van der Waals surface area (Å²) in [6, 6.07) is 5.56. The van der Waals surface area contributed by atoms with Gasteiger partial charge in [-0.15, -0.1) is 5.10 Å². The van der Waals surface area contributed by atoms with E-state index in [2.05, 4.69) is 10.3 Å². The van der Waals surface area contributed by atoms with Crippen LogP contribution >= 0.6 is 0 Å². The molecule has 2 N–H and O–H groups in total. The minimum atomic E-state index is -2.54. The minimum Gasteiger partial charge on any atom is -0.398 e. The smallest absolute Gasteiger partial charge is 0.249 e. The van der Waals surface area contributed by atoms with Gasteiger partial charge in [0.15, 0.2) is 0 Å². The average molecular weight is 264 g/mol. The lowest BCUT2D eigenvalue weighted by Gasteiger charge is -2.33. The molecule has 0 saturated heterocycles. The predicted octanol–water partition coefficient (Wildman–Crippen LogP) is 2.67. The minimum absolute atomic E-state index is 0.137. The maximum Gasteiger partial charge on any atom is 0.249 e. The zero-order valence-electron chi connectivity index (χ0n) is 10.5. The van der Waals surface area contributed by atoms with Crippen molar-refractivity contribution in [2.45, 2.75) is 31.6 Å². The normalized spacial score (nSPS) is 18.3. The molecule has 1 heterocycles. The second-order valence-corrected chi connectivity index (χ2v) is 5.09. The Morgan fingerprint density at radius 1 is 1.37 bits per heavy atom. The molecule has 1 fully saturated rings. The summed E-state index contributed by atoms with van der Waals surface area (Å²) in [4.78, 5) is 0. The van der Waals surface area contributed by atoms with Crippen LogP contribution in [0.15, 0.2) is 24.4 Å². The number of aryl methyl sites for hydroxylation is 1. The van der Waals surface area contributed by atoms with E-state index in [0.29, 0.717) is 11.4 Å². The van der Waals surface area contributed by atoms with E-state index in [-0.39, 0.29) is 18.8 Å². The van der Waals surface area contributed by atoms with Crippen molar-refractivity contribution < 1.29 is 8.78 Å². The van der Waals surface area contributed by atoms with Crippen molar-refractivity contribution in [2.75, 3.05) is 5.73 Å². The molecular formula is C13H14F2N4. The molecule has 1 aliphatic carbocycles. The Morgan fingerprint density at radius 2 is 2.11 bits per heavy atom. The SMILES string of the molecule is Cc1ccc(-n2cc(C3CC(F)(F)C3)nn2)cc1N. The molecule has 0 amide bonds. The molecular weight excluding hydrogens is 250 g/mol. The highest BCUT2D eigenvalue weighted by Gasteiger charge is 2.47. The van der Waals surface area contributed by atoms with Crippen molar-refractivity contribution in [2.24, 2.45) is 0 Å². The Bertz CT molecular complexity index is 613. The van der Waals surface area contributed by atoms with Crippen molar-refractivity contribution in [1.29, 1.82) is 0 Å². The molecule has 0 aliphatic heterocycles. The number of hydrogen-bond donors (Lipinski definition) is 1. The maximum absolute atomic E-state index is 12.8. The molecule has 1 aliphatic rings. The van der Waals surface area contributed by atoms with E-state index < -0.39 is 5.92 Å². The maximum atomic E-state index is 12.8. The number of nitrogen functional groups attached to an aromatic ring is 1. The Labute approximate surface area is 109 Å². The van der Waals surface area contributed by atoms with E-state index in [4.69, 9.17) is 5.73 Å². The summed E-state index contributed by atoms with van der Waals surface area (Å²) in [5.41, 5.74) is 8.90. The highest BCUT2D eigenvalue weighted by atomic mass is 19.3. The van der Waals surface area contributed by atoms with Gasteiger partial charge in [0.1, 0.15) is 0 Å². The molecule has 1 saturated carbocycles. The molecule has 0 bridgehead atoms. The molecule has 0 unspecified atom stereocenters. The topological polar surface area (TPSA) is 56.7 Å². The average Bonchev–Trinajstić information content (AvgIpc) is 2.78. The van der Waals surface area contributed by atoms with Gasteiger partial charge in [0, 0.05) is 24.4 Å². The van der Waals surface area contributed by atoms with E-state index >= 15 is 0 Å². The van der Waals surface area contributed by atoms with Crippen LogP contribution in [-0.2, 0) is 0 Å². The largest absolute Gasteiger partial charge is 0.398 e. The zero-order valence-corrected chi connectivity index (χ0v) is 10.5. The molecule has 0 spiro atoms. The van der Waals surface area contributed by atoms with Gasteiger partial charge in [-0.3, -0.25) is 0 Å². The number of nitrogens with zero attached hydrogens (tertiary/aromatic N) is 3. The van der Waals surface area contributed by atoms with Crippen molar-refractivity contribution in [3.63, 3.8) is 0 Å². The van der Waals surface area contributed by atoms with Crippen LogP contribution in [0.25, 0.3) is 5.69 Å². The van der Waals surface area contributed by atoms with Gasteiger partial charge in [0.05, 0.1) is 17.6 Å². The first-order valence-electron chi connectivity index (χ1n) is 6.11. The van der Waals surface area contributed by atoms with E-state index in [9.17, 15) is 8.78 Å². The summed E-state index contributed by atoms with van der Waals surface area (Å²) in [7, 11) is 0. The van der Waals surface area contributed by atoms with Gasteiger partial charge in [-0.25, -0.2) is 13.5 Å². The molecule has 19 heavy (non-hydrogen) atoms. The van der Waals surface area contributed by atoms with E-state index in [1.165, 1.54) is 0 Å². The number of alkyl halides is 2. The third-order valence-electron chi connectivity index (χ3n) is 3.55. The monoisotopic (exact) mass is 264 g/mol. The number of anilines is 1. The lowest BCUT2D eigenvalue weighted by molar-refractivity contribution is -0.0876. The number of hydrogen-bond acceptors (Lipinski definition) is 3. The Hall–Kier alpha value is -1.98. The first kappa shape index (κ1) is 12.1. The Morgan fingerprint density at radius 3 is 2.74 bits per heavy atom. The van der Waals surface area contributed by atoms with Crippen LogP contribution < -0.4 is 5.73 Å². The summed E-state index contributed by atoms with van der Waals surface area (Å²) in [5, 5.41) is 7.95. The standard InChI is InChI=1S/C13H14F2N4/c1-8-2-3-10(4-11(8)16)19-7-12(17-18-19)9-5-13(14,15)6-9/h2-4,7,9H,5-6,16H2,1H3. The Kier molecular flexibility index (Phi) is 2.55. The lowest BCUT2D eigenvalue weighted by Crippen LogP contribution is -2.33. The summed E-state index contributed by atoms with van der Waals surface area (Å²) in [6.07, 6.45) is 1.42. The van der Waals surface area contributed by atoms with Gasteiger partial charge in [-0.05, 0) is 24.6 Å². The molecule has 4 nitrogen and oxygen atoms in total. The third-order valence-corrected chi connectivity index (χ3v) is 3.55. The highest BCUT2D eigenvalue weighted by molar-refractivity contribution is 5.53. The fourth-order valence-electron chi connectivity index (χ4n) is 2.23. The molecule has 2 aromatic rings. The van der Waals surface area contributed by atoms with Crippen molar-refractivity contribution in [3.05, 3.63) is 35.7 Å². The number of rotatable bonds is 2. The van der Waals surface area contributed by atoms with Crippen molar-refractivity contribution in [3.8, 4) is 5.69 Å². The van der Waals surface area contributed by atoms with Crippen LogP contribution in [0.5, 0.6) is 0 Å². The summed E-state index contributed by atoms with van der Waals surface area (Å²) in [6.45, 7) is 1.92. The second kappa shape index (κ2) is 4.01. The molecule has 6 heteroatoms. The molecule has 0 atom stereocenters. The molecule has 3 rings (SSSR count). The van der Waals surface area contributed by atoms with Gasteiger partial charge in [-0.1, -0.05) is 11.3 Å². The fraction of sp³-hybridized carbons (Fsp3) is 0.385. The van der Waals surface area contributed by atoms with Gasteiger partial charge in [-0.2, -0.15) is 0 Å². The fourth-order valence-corrected chi connectivity index (χ4v) is 2.23. The van der Waals surface area contributed by atoms with Gasteiger partial charge >= 0.3 is 0 Å². The number of nitrogens with two attached hydrogens (primary N) is 1. The first-order chi connectivity index (χ1) is 8.94. The lowest BCUT2D eigenvalue weighted by atomic mass is 9.79. The van der Waals surface area contributed by atoms with Crippen LogP contribution in [0.2, 0.25) is 0 Å². The van der Waals surface area contributed by atoms with Crippen LogP contribution in [0.3, 0.4) is 0 Å². The first-order valence-corrected chi connectivity index (χ1v) is 6.11. The number of halogens is 2. The number of benzene rings is 1. The van der Waals surface area contributed by atoms with Crippen molar-refractivity contribution >= 4 is 5.69 Å². The van der Waals surface area contributed by atoms with Crippen LogP contribution in [0, 0.1) is 6.92 Å². The number of aromatic nitrogens is 3. The van der Waals surface area contributed by atoms with Gasteiger partial charge in [0.25, 0.3) is 0 Å². The predicted molar refractivity (Wildman–Crippen MR) is 67.4 cm³/mol. The van der Waals surface area contributed by atoms with Gasteiger partial charge < -0.3 is 5.73 Å². The van der Waals surface area contributed by atoms with Crippen LogP contribution in [-0.4, -0.2) is 20.9 Å². The van der Waals surface area contributed by atoms with E-state index in [1.54, 1.807) is 16.9 Å². The summed E-state index contributed by atoms with van der Waals surface area (Å²) < 4.78 is 27.2. The summed E-state index contributed by atoms with van der Waals surface area (Å²) >= 11 is 0. The molecule has 1 aromatic heterocycles. The molecule has 0 radical (unpaired) electrons. The zero-order chi connectivity index (χ0) is 13.6. The van der Waals surface area contributed by atoms with E-state index in [1.807, 2.05) is 19.1 Å². The van der Waals surface area contributed by atoms with Crippen LogP contribution in [0.4, 0.5) is 14.5 Å². The molecule has 1 aromatic carbocycles. The quantitative estimate of drug-likeness (QED) is 0.848. The second-order valence-electron chi connectivity index (χ2n) is 5.09. The summed E-state index contributed by atoms with van der Waals surface area (Å²) in [5.74, 6) is -2.73. The van der Waals surface area contributed by atoms with Gasteiger partial charge in [0.2, 0.25) is 5.92 Å². The third kappa shape index (κ3) is 2.18. The van der Waals surface area contributed by atoms with Crippen molar-refractivity contribution in [1.82, 2.24) is 15.0 Å².